The number of anilines is 1. The monoisotopic (exact) mass is 290 g/mol. The summed E-state index contributed by atoms with van der Waals surface area (Å²) in [7, 11) is 1.67. The predicted octanol–water partition coefficient (Wildman–Crippen LogP) is 1.22. The molecule has 3 rings (SSSR count). The zero-order valence-electron chi connectivity index (χ0n) is 12.6. The van der Waals surface area contributed by atoms with E-state index in [1.54, 1.807) is 7.05 Å². The summed E-state index contributed by atoms with van der Waals surface area (Å²) in [4.78, 5) is 20.8. The van der Waals surface area contributed by atoms with Gasteiger partial charge in [0.1, 0.15) is 5.82 Å². The van der Waals surface area contributed by atoms with Crippen LogP contribution in [0.4, 0.5) is 10.6 Å². The standard InChI is InChI=1S/C15H22N4O2/c1-3-21-13-7-12-9-18(15(20)16-2)8-11-5-4-6-17-14(11)19(12)10-13/h4-6,12-13H,3,7-10H2,1-2H3,(H,16,20)/t12-,13-/m1/s1. The highest BCUT2D eigenvalue weighted by Gasteiger charge is 2.38. The van der Waals surface area contributed by atoms with Gasteiger partial charge in [-0.1, -0.05) is 6.07 Å². The van der Waals surface area contributed by atoms with Gasteiger partial charge in [-0.2, -0.15) is 0 Å². The van der Waals surface area contributed by atoms with E-state index in [2.05, 4.69) is 21.3 Å². The van der Waals surface area contributed by atoms with Crippen LogP contribution < -0.4 is 10.2 Å². The summed E-state index contributed by atoms with van der Waals surface area (Å²) in [6, 6.07) is 4.22. The van der Waals surface area contributed by atoms with Gasteiger partial charge in [-0.15, -0.1) is 0 Å². The molecule has 21 heavy (non-hydrogen) atoms. The largest absolute Gasteiger partial charge is 0.377 e. The third kappa shape index (κ3) is 2.68. The number of nitrogens with zero attached hydrogens (tertiary/aromatic N) is 3. The second kappa shape index (κ2) is 5.89. The van der Waals surface area contributed by atoms with E-state index >= 15 is 0 Å². The number of carbonyl (C=O) groups excluding carboxylic acids is 1. The Morgan fingerprint density at radius 3 is 3.14 bits per heavy atom. The lowest BCUT2D eigenvalue weighted by Gasteiger charge is -2.26. The van der Waals surface area contributed by atoms with Crippen molar-refractivity contribution in [3.63, 3.8) is 0 Å². The Bertz CT molecular complexity index is 522. The highest BCUT2D eigenvalue weighted by atomic mass is 16.5. The van der Waals surface area contributed by atoms with E-state index in [4.69, 9.17) is 4.74 Å². The summed E-state index contributed by atoms with van der Waals surface area (Å²) in [5.41, 5.74) is 1.10. The van der Waals surface area contributed by atoms with Gasteiger partial charge < -0.3 is 19.9 Å². The maximum atomic E-state index is 12.1. The molecule has 6 heteroatoms. The lowest BCUT2D eigenvalue weighted by molar-refractivity contribution is 0.0753. The van der Waals surface area contributed by atoms with Gasteiger partial charge in [-0.3, -0.25) is 0 Å². The number of hydrogen-bond acceptors (Lipinski definition) is 4. The summed E-state index contributed by atoms with van der Waals surface area (Å²) < 4.78 is 5.78. The molecule has 1 N–H and O–H groups in total. The molecule has 1 aromatic heterocycles. The number of ether oxygens (including phenoxy) is 1. The number of amides is 2. The first-order chi connectivity index (χ1) is 10.2. The zero-order chi connectivity index (χ0) is 14.8. The molecule has 2 aliphatic heterocycles. The number of urea groups is 1. The summed E-state index contributed by atoms with van der Waals surface area (Å²) in [6.07, 6.45) is 2.98. The topological polar surface area (TPSA) is 57.7 Å². The van der Waals surface area contributed by atoms with E-state index in [1.165, 1.54) is 0 Å². The molecule has 0 saturated carbocycles. The molecule has 1 fully saturated rings. The summed E-state index contributed by atoms with van der Waals surface area (Å²) >= 11 is 0. The molecule has 114 valence electrons. The maximum Gasteiger partial charge on any atom is 0.317 e. The van der Waals surface area contributed by atoms with Gasteiger partial charge >= 0.3 is 6.03 Å². The van der Waals surface area contributed by atoms with Gasteiger partial charge in [-0.05, 0) is 19.4 Å². The fraction of sp³-hybridized carbons (Fsp3) is 0.600. The van der Waals surface area contributed by atoms with Crippen molar-refractivity contribution in [2.45, 2.75) is 32.0 Å². The van der Waals surface area contributed by atoms with E-state index in [1.807, 2.05) is 24.1 Å². The number of carbonyl (C=O) groups is 1. The highest BCUT2D eigenvalue weighted by molar-refractivity contribution is 5.74. The van der Waals surface area contributed by atoms with Gasteiger partial charge in [0.15, 0.2) is 0 Å². The summed E-state index contributed by atoms with van der Waals surface area (Å²) in [5.74, 6) is 0.996. The minimum Gasteiger partial charge on any atom is -0.377 e. The summed E-state index contributed by atoms with van der Waals surface area (Å²) in [6.45, 7) is 4.91. The van der Waals surface area contributed by atoms with Crippen molar-refractivity contribution in [1.82, 2.24) is 15.2 Å². The molecule has 0 radical (unpaired) electrons. The van der Waals surface area contributed by atoms with E-state index < -0.39 is 0 Å². The van der Waals surface area contributed by atoms with Crippen LogP contribution in [0.25, 0.3) is 0 Å². The van der Waals surface area contributed by atoms with Gasteiger partial charge in [0, 0.05) is 38.5 Å². The van der Waals surface area contributed by atoms with E-state index in [0.717, 1.165) is 31.0 Å². The van der Waals surface area contributed by atoms with Crippen LogP contribution in [0.1, 0.15) is 18.9 Å². The van der Waals surface area contributed by atoms with Crippen LogP contribution in [-0.2, 0) is 11.3 Å². The molecule has 2 amide bonds. The van der Waals surface area contributed by atoms with Crippen LogP contribution in [0, 0.1) is 0 Å². The Labute approximate surface area is 125 Å². The third-order valence-corrected chi connectivity index (χ3v) is 4.21. The second-order valence-electron chi connectivity index (χ2n) is 5.54. The van der Waals surface area contributed by atoms with Crippen molar-refractivity contribution < 1.29 is 9.53 Å². The Morgan fingerprint density at radius 2 is 2.38 bits per heavy atom. The number of pyridine rings is 1. The first kappa shape index (κ1) is 14.1. The average Bonchev–Trinajstić information content (AvgIpc) is 2.82. The van der Waals surface area contributed by atoms with Crippen LogP contribution in [0.15, 0.2) is 18.3 Å². The molecular weight excluding hydrogens is 268 g/mol. The minimum absolute atomic E-state index is 0.0356. The maximum absolute atomic E-state index is 12.1. The van der Waals surface area contributed by atoms with E-state index in [0.29, 0.717) is 13.1 Å². The third-order valence-electron chi connectivity index (χ3n) is 4.21. The first-order valence-electron chi connectivity index (χ1n) is 7.51. The molecule has 0 bridgehead atoms. The molecule has 0 spiro atoms. The van der Waals surface area contributed by atoms with Crippen molar-refractivity contribution >= 4 is 11.8 Å². The SMILES string of the molecule is CCO[C@@H]1C[C@@H]2CN(C(=O)NC)Cc3cccnc3N2C1. The van der Waals surface area contributed by atoms with Crippen molar-refractivity contribution in [2.24, 2.45) is 0 Å². The van der Waals surface area contributed by atoms with Crippen molar-refractivity contribution in [1.29, 1.82) is 0 Å². The molecular formula is C15H22N4O2. The van der Waals surface area contributed by atoms with Gasteiger partial charge in [-0.25, -0.2) is 9.78 Å². The first-order valence-corrected chi connectivity index (χ1v) is 7.51. The lowest BCUT2D eigenvalue weighted by atomic mass is 10.2. The van der Waals surface area contributed by atoms with Crippen LogP contribution >= 0.6 is 0 Å². The quantitative estimate of drug-likeness (QED) is 0.890. The molecule has 2 aliphatic rings. The minimum atomic E-state index is -0.0356. The van der Waals surface area contributed by atoms with Crippen LogP contribution in [-0.4, -0.2) is 54.8 Å². The molecule has 0 aliphatic carbocycles. The molecule has 2 atom stereocenters. The highest BCUT2D eigenvalue weighted by Crippen LogP contribution is 2.32. The Kier molecular flexibility index (Phi) is 3.96. The molecule has 3 heterocycles. The number of aromatic nitrogens is 1. The van der Waals surface area contributed by atoms with Crippen LogP contribution in [0.2, 0.25) is 0 Å². The zero-order valence-corrected chi connectivity index (χ0v) is 12.6. The van der Waals surface area contributed by atoms with Gasteiger partial charge in [0.2, 0.25) is 0 Å². The molecule has 0 unspecified atom stereocenters. The van der Waals surface area contributed by atoms with Crippen LogP contribution in [0.5, 0.6) is 0 Å². The lowest BCUT2D eigenvalue weighted by Crippen LogP contribution is -2.43. The number of rotatable bonds is 2. The Hall–Kier alpha value is -1.82. The van der Waals surface area contributed by atoms with Gasteiger partial charge in [0.25, 0.3) is 0 Å². The van der Waals surface area contributed by atoms with Crippen molar-refractivity contribution in [3.8, 4) is 0 Å². The smallest absolute Gasteiger partial charge is 0.317 e. The number of hydrogen-bond donors (Lipinski definition) is 1. The fourth-order valence-electron chi connectivity index (χ4n) is 3.31. The number of fused-ring (bicyclic) bond motifs is 3. The Morgan fingerprint density at radius 1 is 1.52 bits per heavy atom. The molecule has 6 nitrogen and oxygen atoms in total. The normalized spacial score (nSPS) is 24.3. The average molecular weight is 290 g/mol. The summed E-state index contributed by atoms with van der Waals surface area (Å²) in [5, 5.41) is 2.73. The van der Waals surface area contributed by atoms with Crippen molar-refractivity contribution in [2.75, 3.05) is 31.6 Å². The predicted molar refractivity (Wildman–Crippen MR) is 80.3 cm³/mol. The Balaban J connectivity index is 1.91. The molecule has 0 aromatic carbocycles. The fourth-order valence-corrected chi connectivity index (χ4v) is 3.31. The van der Waals surface area contributed by atoms with E-state index in [9.17, 15) is 4.79 Å². The van der Waals surface area contributed by atoms with Crippen molar-refractivity contribution in [3.05, 3.63) is 23.9 Å². The second-order valence-corrected chi connectivity index (χ2v) is 5.54. The van der Waals surface area contributed by atoms with Gasteiger partial charge in [0.05, 0.1) is 18.7 Å². The van der Waals surface area contributed by atoms with Crippen LogP contribution in [0.3, 0.4) is 0 Å². The molecule has 1 aromatic rings. The number of nitrogens with one attached hydrogen (secondary N) is 1. The van der Waals surface area contributed by atoms with E-state index in [-0.39, 0.29) is 18.2 Å². The molecule has 1 saturated heterocycles.